The lowest BCUT2D eigenvalue weighted by molar-refractivity contribution is 0.102. The third kappa shape index (κ3) is 7.59. The van der Waals surface area contributed by atoms with E-state index in [1.807, 2.05) is 24.3 Å². The highest BCUT2D eigenvalue weighted by molar-refractivity contribution is 6.39. The quantitative estimate of drug-likeness (QED) is 0.142. The molecule has 9 nitrogen and oxygen atoms in total. The summed E-state index contributed by atoms with van der Waals surface area (Å²) in [5.41, 5.74) is 5.10. The molecule has 0 radical (unpaired) electrons. The standard InChI is InChI=1S/C30H31Cl2N5O4/c1-41-26-15-20(6-7-21(26)18-34-12-14-39)29-28(32)23(9-10-35-29)22-3-2-4-24(27(22)31)37-30(40)25-8-5-19(17-36-25)16-33-11-13-38/h2-10,15,17,33-34,38-39H,11-14,16,18H2,1H3,(H,37,40). The van der Waals surface area contributed by atoms with Crippen molar-refractivity contribution < 1.29 is 19.7 Å². The predicted octanol–water partition coefficient (Wildman–Crippen LogP) is 4.54. The Morgan fingerprint density at radius 2 is 1.66 bits per heavy atom. The summed E-state index contributed by atoms with van der Waals surface area (Å²) in [5.74, 6) is 0.267. The number of nitrogens with zero attached hydrogens (tertiary/aromatic N) is 2. The number of methoxy groups -OCH3 is 1. The molecule has 0 saturated heterocycles. The smallest absolute Gasteiger partial charge is 0.274 e. The lowest BCUT2D eigenvalue weighted by Gasteiger charge is -2.15. The van der Waals surface area contributed by atoms with Crippen molar-refractivity contribution in [2.45, 2.75) is 13.1 Å². The number of amides is 1. The largest absolute Gasteiger partial charge is 0.496 e. The minimum Gasteiger partial charge on any atom is -0.496 e. The lowest BCUT2D eigenvalue weighted by atomic mass is 10.0. The van der Waals surface area contributed by atoms with E-state index in [4.69, 9.17) is 38.2 Å². The van der Waals surface area contributed by atoms with Crippen molar-refractivity contribution in [1.82, 2.24) is 20.6 Å². The number of aliphatic hydroxyl groups is 2. The SMILES string of the molecule is COc1cc(-c2nccc(-c3cccc(NC(=O)c4ccc(CNCCO)cn4)c3Cl)c2Cl)ccc1CNCCO. The highest BCUT2D eigenvalue weighted by Crippen LogP contribution is 2.41. The van der Waals surface area contributed by atoms with Crippen LogP contribution in [0.5, 0.6) is 5.75 Å². The van der Waals surface area contributed by atoms with Gasteiger partial charge in [0.05, 0.1) is 41.8 Å². The molecule has 4 aromatic rings. The number of nitrogens with one attached hydrogen (secondary N) is 3. The molecule has 2 aromatic carbocycles. The maximum atomic E-state index is 12.9. The average molecular weight is 597 g/mol. The second-order valence-electron chi connectivity index (χ2n) is 9.02. The number of aliphatic hydroxyl groups excluding tert-OH is 2. The first-order valence-corrected chi connectivity index (χ1v) is 13.7. The molecule has 0 fully saturated rings. The third-order valence-corrected chi connectivity index (χ3v) is 7.06. The summed E-state index contributed by atoms with van der Waals surface area (Å²) in [7, 11) is 1.60. The Balaban J connectivity index is 1.57. The van der Waals surface area contributed by atoms with Crippen LogP contribution in [0.2, 0.25) is 10.0 Å². The topological polar surface area (TPSA) is 129 Å². The van der Waals surface area contributed by atoms with Gasteiger partial charge < -0.3 is 30.9 Å². The van der Waals surface area contributed by atoms with E-state index in [1.165, 1.54) is 0 Å². The molecule has 0 atom stereocenters. The van der Waals surface area contributed by atoms with Crippen LogP contribution in [0.15, 0.2) is 67.0 Å². The summed E-state index contributed by atoms with van der Waals surface area (Å²) in [6, 6.07) is 16.2. The summed E-state index contributed by atoms with van der Waals surface area (Å²) in [6.07, 6.45) is 3.27. The Kier molecular flexibility index (Phi) is 11.0. The van der Waals surface area contributed by atoms with E-state index >= 15 is 0 Å². The molecule has 0 bridgehead atoms. The molecule has 214 valence electrons. The van der Waals surface area contributed by atoms with Crippen molar-refractivity contribution in [3.05, 3.63) is 93.9 Å². The number of carbonyl (C=O) groups excluding carboxylic acids is 1. The highest BCUT2D eigenvalue weighted by Gasteiger charge is 2.18. The maximum Gasteiger partial charge on any atom is 0.274 e. The molecular formula is C30H31Cl2N5O4. The molecule has 0 aliphatic heterocycles. The van der Waals surface area contributed by atoms with Crippen LogP contribution in [-0.2, 0) is 13.1 Å². The number of halogens is 2. The molecule has 41 heavy (non-hydrogen) atoms. The Hall–Kier alpha value is -3.57. The van der Waals surface area contributed by atoms with Crippen LogP contribution in [0.4, 0.5) is 5.69 Å². The van der Waals surface area contributed by atoms with Gasteiger partial charge >= 0.3 is 0 Å². The van der Waals surface area contributed by atoms with Crippen molar-refractivity contribution in [3.8, 4) is 28.1 Å². The molecule has 0 aliphatic carbocycles. The van der Waals surface area contributed by atoms with Gasteiger partial charge in [-0.3, -0.25) is 14.8 Å². The van der Waals surface area contributed by atoms with Crippen LogP contribution in [-0.4, -0.2) is 59.5 Å². The Bertz CT molecular complexity index is 1480. The van der Waals surface area contributed by atoms with Crippen LogP contribution in [0.1, 0.15) is 21.6 Å². The molecule has 1 amide bonds. The van der Waals surface area contributed by atoms with Crippen LogP contribution < -0.4 is 20.7 Å². The number of ether oxygens (including phenoxy) is 1. The van der Waals surface area contributed by atoms with E-state index in [0.717, 1.165) is 16.7 Å². The van der Waals surface area contributed by atoms with Gasteiger partial charge in [0, 0.05) is 60.8 Å². The van der Waals surface area contributed by atoms with Gasteiger partial charge in [-0.1, -0.05) is 53.5 Å². The third-order valence-electron chi connectivity index (χ3n) is 6.27. The zero-order chi connectivity index (χ0) is 29.2. The Morgan fingerprint density at radius 1 is 0.902 bits per heavy atom. The Labute approximate surface area is 248 Å². The molecule has 0 unspecified atom stereocenters. The maximum absolute atomic E-state index is 12.9. The molecule has 0 saturated carbocycles. The fraction of sp³-hybridized carbons (Fsp3) is 0.233. The number of hydrogen-bond acceptors (Lipinski definition) is 8. The van der Waals surface area contributed by atoms with Gasteiger partial charge in [-0.05, 0) is 29.8 Å². The van der Waals surface area contributed by atoms with Gasteiger partial charge in [0.15, 0.2) is 0 Å². The molecule has 0 aliphatic rings. The predicted molar refractivity (Wildman–Crippen MR) is 161 cm³/mol. The van der Waals surface area contributed by atoms with Crippen molar-refractivity contribution in [2.75, 3.05) is 38.7 Å². The summed E-state index contributed by atoms with van der Waals surface area (Å²) >= 11 is 13.7. The summed E-state index contributed by atoms with van der Waals surface area (Å²) < 4.78 is 5.58. The first kappa shape index (κ1) is 30.4. The number of hydrogen-bond donors (Lipinski definition) is 5. The van der Waals surface area contributed by atoms with Crippen molar-refractivity contribution in [3.63, 3.8) is 0 Å². The number of rotatable bonds is 13. The van der Waals surface area contributed by atoms with E-state index < -0.39 is 5.91 Å². The molecule has 2 heterocycles. The van der Waals surface area contributed by atoms with Crippen molar-refractivity contribution in [1.29, 1.82) is 0 Å². The number of benzene rings is 2. The highest BCUT2D eigenvalue weighted by atomic mass is 35.5. The van der Waals surface area contributed by atoms with Gasteiger partial charge in [-0.25, -0.2) is 0 Å². The van der Waals surface area contributed by atoms with Crippen LogP contribution in [0.3, 0.4) is 0 Å². The molecular weight excluding hydrogens is 565 g/mol. The van der Waals surface area contributed by atoms with E-state index in [2.05, 4.69) is 25.9 Å². The van der Waals surface area contributed by atoms with Crippen molar-refractivity contribution in [2.24, 2.45) is 0 Å². The summed E-state index contributed by atoms with van der Waals surface area (Å²) in [6.45, 7) is 2.14. The fourth-order valence-electron chi connectivity index (χ4n) is 4.19. The zero-order valence-corrected chi connectivity index (χ0v) is 24.0. The number of anilines is 1. The normalized spacial score (nSPS) is 11.0. The van der Waals surface area contributed by atoms with E-state index in [9.17, 15) is 4.79 Å². The van der Waals surface area contributed by atoms with Gasteiger partial charge in [0.2, 0.25) is 0 Å². The first-order valence-electron chi connectivity index (χ1n) is 13.0. The number of pyridine rings is 2. The lowest BCUT2D eigenvalue weighted by Crippen LogP contribution is -2.18. The van der Waals surface area contributed by atoms with Gasteiger partial charge in [0.25, 0.3) is 5.91 Å². The van der Waals surface area contributed by atoms with Gasteiger partial charge in [-0.2, -0.15) is 0 Å². The zero-order valence-electron chi connectivity index (χ0n) is 22.5. The van der Waals surface area contributed by atoms with E-state index in [1.54, 1.807) is 49.8 Å². The summed E-state index contributed by atoms with van der Waals surface area (Å²) in [4.78, 5) is 21.7. The van der Waals surface area contributed by atoms with Crippen LogP contribution in [0, 0.1) is 0 Å². The first-order chi connectivity index (χ1) is 20.0. The minimum absolute atomic E-state index is 0.0479. The second-order valence-corrected chi connectivity index (χ2v) is 9.78. The molecule has 2 aromatic heterocycles. The van der Waals surface area contributed by atoms with E-state index in [0.29, 0.717) is 64.5 Å². The van der Waals surface area contributed by atoms with Crippen LogP contribution >= 0.6 is 23.2 Å². The van der Waals surface area contributed by atoms with Crippen molar-refractivity contribution >= 4 is 34.8 Å². The fourth-order valence-corrected chi connectivity index (χ4v) is 4.79. The average Bonchev–Trinajstić information content (AvgIpc) is 2.99. The Morgan fingerprint density at radius 3 is 2.37 bits per heavy atom. The second kappa shape index (κ2) is 14.9. The monoisotopic (exact) mass is 595 g/mol. The molecule has 5 N–H and O–H groups in total. The number of carbonyl (C=O) groups is 1. The van der Waals surface area contributed by atoms with Gasteiger partial charge in [-0.15, -0.1) is 0 Å². The molecule has 11 heteroatoms. The number of aromatic nitrogens is 2. The van der Waals surface area contributed by atoms with Crippen LogP contribution in [0.25, 0.3) is 22.4 Å². The molecule has 4 rings (SSSR count). The summed E-state index contributed by atoms with van der Waals surface area (Å²) in [5, 5.41) is 27.7. The van der Waals surface area contributed by atoms with Gasteiger partial charge in [0.1, 0.15) is 11.4 Å². The minimum atomic E-state index is -0.402. The van der Waals surface area contributed by atoms with E-state index in [-0.39, 0.29) is 18.9 Å². The molecule has 0 spiro atoms.